The van der Waals surface area contributed by atoms with Gasteiger partial charge in [-0.1, -0.05) is 356 Å². The SMILES string of the molecule is CCCCCCCCCCCCCCCCCCCCC(=O)O[C@H](COC(=O)CCCCCCCCCCCCCCCCC(C)C)COP(=O)(O)OC[C@@H](O)COP(=O)(O)OC[C@@H](COC(=O)CCCCCCCCCCC)OC(=O)CCCCCCCCCCCCC(C)C. The van der Waals surface area contributed by atoms with Gasteiger partial charge in [0.15, 0.2) is 12.2 Å². The quantitative estimate of drug-likeness (QED) is 0.0222. The first kappa shape index (κ1) is 95.1. The molecule has 19 heteroatoms. The van der Waals surface area contributed by atoms with Gasteiger partial charge in [0, 0.05) is 25.7 Å². The fraction of sp³-hybridized carbons (Fsp3) is 0.949. The number of ether oxygens (including phenoxy) is 4. The monoisotopic (exact) mass is 1420 g/mol. The summed E-state index contributed by atoms with van der Waals surface area (Å²) >= 11 is 0. The maximum Gasteiger partial charge on any atom is 0.472 e. The summed E-state index contributed by atoms with van der Waals surface area (Å²) < 4.78 is 68.6. The Kier molecular flexibility index (Phi) is 68.4. The Bertz CT molecular complexity index is 1870. The Balaban J connectivity index is 5.23. The van der Waals surface area contributed by atoms with Gasteiger partial charge in [0.1, 0.15) is 19.3 Å². The summed E-state index contributed by atoms with van der Waals surface area (Å²) in [6.45, 7) is 9.61. The van der Waals surface area contributed by atoms with E-state index in [2.05, 4.69) is 41.5 Å². The van der Waals surface area contributed by atoms with Crippen LogP contribution in [0.15, 0.2) is 0 Å². The lowest BCUT2D eigenvalue weighted by Crippen LogP contribution is -2.30. The Morgan fingerprint density at radius 2 is 0.474 bits per heavy atom. The number of hydrogen-bond donors (Lipinski definition) is 3. The van der Waals surface area contributed by atoms with E-state index >= 15 is 0 Å². The molecule has 3 N–H and O–H groups in total. The van der Waals surface area contributed by atoms with E-state index in [1.54, 1.807) is 0 Å². The molecule has 5 atom stereocenters. The lowest BCUT2D eigenvalue weighted by molar-refractivity contribution is -0.161. The minimum Gasteiger partial charge on any atom is -0.462 e. The van der Waals surface area contributed by atoms with Crippen molar-refractivity contribution in [3.05, 3.63) is 0 Å². The molecule has 0 fully saturated rings. The van der Waals surface area contributed by atoms with Crippen LogP contribution in [-0.4, -0.2) is 96.7 Å². The van der Waals surface area contributed by atoms with Gasteiger partial charge in [-0.3, -0.25) is 37.3 Å². The molecule has 0 aliphatic carbocycles. The lowest BCUT2D eigenvalue weighted by Gasteiger charge is -2.21. The van der Waals surface area contributed by atoms with Gasteiger partial charge in [0.25, 0.3) is 0 Å². The summed E-state index contributed by atoms with van der Waals surface area (Å²) in [7, 11) is -9.91. The van der Waals surface area contributed by atoms with Gasteiger partial charge in [-0.2, -0.15) is 0 Å². The second-order valence-corrected chi connectivity index (χ2v) is 32.0. The molecule has 0 saturated heterocycles. The molecule has 0 bridgehead atoms. The number of aliphatic hydroxyl groups excluding tert-OH is 1. The highest BCUT2D eigenvalue weighted by Crippen LogP contribution is 2.45. The standard InChI is InChI=1S/C78H152O17P2/c1-7-9-11-13-15-17-18-19-20-21-22-23-28-31-38-44-50-56-62-77(82)94-74(67-89-76(81)61-55-49-43-37-30-27-25-24-26-29-35-40-46-52-58-70(3)4)69-93-97(86,87)91-65-72(79)64-90-96(84,85)92-68-73(66-88-75(80)60-54-48-42-34-16-14-12-10-8-2)95-78(83)63-57-51-45-39-33-32-36-41-47-53-59-71(5)6/h70-74,79H,7-69H2,1-6H3,(H,84,85)(H,86,87)/t72-,73+,74+/m0/s1. The van der Waals surface area contributed by atoms with E-state index < -0.39 is 97.5 Å². The van der Waals surface area contributed by atoms with Gasteiger partial charge in [0.05, 0.1) is 26.4 Å². The third-order valence-corrected chi connectivity index (χ3v) is 20.1. The number of phosphoric acid groups is 2. The number of esters is 4. The molecule has 0 aliphatic rings. The van der Waals surface area contributed by atoms with E-state index in [4.69, 9.17) is 37.0 Å². The van der Waals surface area contributed by atoms with Gasteiger partial charge in [-0.05, 0) is 37.5 Å². The number of rotatable bonds is 77. The normalized spacial score (nSPS) is 14.0. The Hall–Kier alpha value is -1.94. The topological polar surface area (TPSA) is 237 Å². The van der Waals surface area contributed by atoms with Crippen LogP contribution in [-0.2, 0) is 65.4 Å². The summed E-state index contributed by atoms with van der Waals surface area (Å²) in [6, 6.07) is 0. The zero-order valence-electron chi connectivity index (χ0n) is 63.4. The van der Waals surface area contributed by atoms with Crippen LogP contribution >= 0.6 is 15.6 Å². The number of aliphatic hydroxyl groups is 1. The van der Waals surface area contributed by atoms with E-state index in [9.17, 15) is 43.2 Å². The fourth-order valence-electron chi connectivity index (χ4n) is 12.0. The third kappa shape index (κ3) is 72.2. The maximum atomic E-state index is 13.1. The van der Waals surface area contributed by atoms with Crippen molar-refractivity contribution in [3.63, 3.8) is 0 Å². The molecule has 2 unspecified atom stereocenters. The zero-order chi connectivity index (χ0) is 71.4. The molecule has 0 aromatic rings. The van der Waals surface area contributed by atoms with E-state index in [0.29, 0.717) is 25.7 Å². The molecule has 0 heterocycles. The molecule has 0 rings (SSSR count). The average molecular weight is 1420 g/mol. The van der Waals surface area contributed by atoms with Crippen LogP contribution in [0.25, 0.3) is 0 Å². The third-order valence-electron chi connectivity index (χ3n) is 18.2. The molecular weight excluding hydrogens is 1270 g/mol. The average Bonchev–Trinajstić information content (AvgIpc) is 2.90. The lowest BCUT2D eigenvalue weighted by atomic mass is 10.0. The van der Waals surface area contributed by atoms with Crippen molar-refractivity contribution < 1.29 is 80.2 Å². The van der Waals surface area contributed by atoms with Crippen LogP contribution in [0.1, 0.15) is 408 Å². The van der Waals surface area contributed by atoms with Crippen molar-refractivity contribution in [2.75, 3.05) is 39.6 Å². The van der Waals surface area contributed by atoms with Crippen LogP contribution in [0.4, 0.5) is 0 Å². The van der Waals surface area contributed by atoms with Crippen molar-refractivity contribution in [1.29, 1.82) is 0 Å². The van der Waals surface area contributed by atoms with E-state index in [-0.39, 0.29) is 25.7 Å². The smallest absolute Gasteiger partial charge is 0.462 e. The summed E-state index contributed by atoms with van der Waals surface area (Å²) in [5.41, 5.74) is 0. The van der Waals surface area contributed by atoms with Crippen LogP contribution in [0.2, 0.25) is 0 Å². The van der Waals surface area contributed by atoms with Crippen LogP contribution in [0.3, 0.4) is 0 Å². The minimum absolute atomic E-state index is 0.106. The van der Waals surface area contributed by atoms with Crippen molar-refractivity contribution in [3.8, 4) is 0 Å². The molecule has 0 saturated carbocycles. The van der Waals surface area contributed by atoms with Crippen LogP contribution < -0.4 is 0 Å². The van der Waals surface area contributed by atoms with Crippen LogP contribution in [0, 0.1) is 11.8 Å². The van der Waals surface area contributed by atoms with Gasteiger partial charge < -0.3 is 33.8 Å². The molecule has 576 valence electrons. The summed E-state index contributed by atoms with van der Waals surface area (Å²) in [6.07, 6.45) is 58.3. The van der Waals surface area contributed by atoms with Crippen molar-refractivity contribution >= 4 is 39.5 Å². The zero-order valence-corrected chi connectivity index (χ0v) is 65.2. The number of hydrogen-bond acceptors (Lipinski definition) is 15. The Labute approximate surface area is 594 Å². The minimum atomic E-state index is -4.96. The van der Waals surface area contributed by atoms with Gasteiger partial charge >= 0.3 is 39.5 Å². The molecule has 0 aromatic carbocycles. The molecule has 0 spiro atoms. The first-order chi connectivity index (χ1) is 46.9. The fourth-order valence-corrected chi connectivity index (χ4v) is 13.6. The summed E-state index contributed by atoms with van der Waals surface area (Å²) in [5.74, 6) is -0.562. The van der Waals surface area contributed by atoms with Crippen molar-refractivity contribution in [2.45, 2.75) is 426 Å². The molecule has 0 amide bonds. The highest BCUT2D eigenvalue weighted by atomic mass is 31.2. The molecule has 0 aromatic heterocycles. The predicted octanol–water partition coefficient (Wildman–Crippen LogP) is 23.1. The van der Waals surface area contributed by atoms with Gasteiger partial charge in [0.2, 0.25) is 0 Å². The second-order valence-electron chi connectivity index (χ2n) is 29.1. The molecule has 0 radical (unpaired) electrons. The molecular formula is C78H152O17P2. The molecule has 17 nitrogen and oxygen atoms in total. The van der Waals surface area contributed by atoms with Crippen molar-refractivity contribution in [2.24, 2.45) is 11.8 Å². The van der Waals surface area contributed by atoms with Gasteiger partial charge in [-0.15, -0.1) is 0 Å². The highest BCUT2D eigenvalue weighted by molar-refractivity contribution is 7.47. The number of carbonyl (C=O) groups is 4. The molecule has 0 aliphatic heterocycles. The highest BCUT2D eigenvalue weighted by Gasteiger charge is 2.30. The Morgan fingerprint density at radius 1 is 0.278 bits per heavy atom. The molecule has 97 heavy (non-hydrogen) atoms. The first-order valence-electron chi connectivity index (χ1n) is 40.5. The van der Waals surface area contributed by atoms with E-state index in [1.807, 2.05) is 0 Å². The second kappa shape index (κ2) is 69.8. The summed E-state index contributed by atoms with van der Waals surface area (Å²) in [5, 5.41) is 10.6. The predicted molar refractivity (Wildman–Crippen MR) is 395 cm³/mol. The van der Waals surface area contributed by atoms with E-state index in [1.165, 1.54) is 225 Å². The largest absolute Gasteiger partial charge is 0.472 e. The maximum absolute atomic E-state index is 13.1. The first-order valence-corrected chi connectivity index (χ1v) is 43.5. The number of carbonyl (C=O) groups excluding carboxylic acids is 4. The summed E-state index contributed by atoms with van der Waals surface area (Å²) in [4.78, 5) is 72.9. The van der Waals surface area contributed by atoms with Gasteiger partial charge in [-0.25, -0.2) is 9.13 Å². The number of phosphoric ester groups is 2. The van der Waals surface area contributed by atoms with Crippen molar-refractivity contribution in [1.82, 2.24) is 0 Å². The van der Waals surface area contributed by atoms with E-state index in [0.717, 1.165) is 102 Å². The Morgan fingerprint density at radius 3 is 0.701 bits per heavy atom. The van der Waals surface area contributed by atoms with Crippen LogP contribution in [0.5, 0.6) is 0 Å². The number of unbranched alkanes of at least 4 members (excludes halogenated alkanes) is 47.